The predicted molar refractivity (Wildman–Crippen MR) is 95.6 cm³/mol. The summed E-state index contributed by atoms with van der Waals surface area (Å²) in [5, 5.41) is 8.52. The monoisotopic (exact) mass is 352 g/mol. The first kappa shape index (κ1) is 16.3. The Balaban J connectivity index is 1.57. The Morgan fingerprint density at radius 3 is 2.81 bits per heavy atom. The maximum Gasteiger partial charge on any atom is 0.245 e. The molecule has 0 radical (unpaired) electrons. The lowest BCUT2D eigenvalue weighted by molar-refractivity contribution is -0.127. The number of likely N-dealkylation sites (tertiary alicyclic amines) is 1. The smallest absolute Gasteiger partial charge is 0.245 e. The Kier molecular flexibility index (Phi) is 4.16. The molecule has 0 saturated carbocycles. The van der Waals surface area contributed by atoms with Crippen LogP contribution < -0.4 is 4.74 Å². The standard InChI is InChI=1S/C18H20N6O2/c1-3-17(25)23-8-5-14(6-9-23)26-18-16-4-7-19-24(16)12-15(21-18)13-10-20-22(2)11-13/h3-4,7,10-12,14H,1,5-6,8-9H2,2H3. The highest BCUT2D eigenvalue weighted by Crippen LogP contribution is 2.26. The van der Waals surface area contributed by atoms with E-state index in [0.717, 1.165) is 29.6 Å². The molecule has 4 heterocycles. The van der Waals surface area contributed by atoms with Crippen LogP contribution in [0.5, 0.6) is 5.88 Å². The summed E-state index contributed by atoms with van der Waals surface area (Å²) in [6, 6.07) is 1.88. The van der Waals surface area contributed by atoms with Crippen LogP contribution in [0.2, 0.25) is 0 Å². The number of aryl methyl sites for hydroxylation is 1. The number of nitrogens with zero attached hydrogens (tertiary/aromatic N) is 6. The third-order valence-corrected chi connectivity index (χ3v) is 4.56. The molecule has 0 N–H and O–H groups in total. The SMILES string of the molecule is C=CC(=O)N1CCC(Oc2nc(-c3cnn(C)c3)cn3nccc23)CC1. The number of hydrogen-bond acceptors (Lipinski definition) is 5. The van der Waals surface area contributed by atoms with Crippen molar-refractivity contribution >= 4 is 11.4 Å². The van der Waals surface area contributed by atoms with Gasteiger partial charge in [0.2, 0.25) is 11.8 Å². The number of carbonyl (C=O) groups excluding carboxylic acids is 1. The maximum atomic E-state index is 11.7. The highest BCUT2D eigenvalue weighted by atomic mass is 16.5. The first-order valence-corrected chi connectivity index (χ1v) is 8.55. The molecule has 0 atom stereocenters. The summed E-state index contributed by atoms with van der Waals surface area (Å²) in [5.41, 5.74) is 2.48. The van der Waals surface area contributed by atoms with Gasteiger partial charge >= 0.3 is 0 Å². The number of amides is 1. The zero-order chi connectivity index (χ0) is 18.1. The van der Waals surface area contributed by atoms with Crippen LogP contribution in [0.1, 0.15) is 12.8 Å². The van der Waals surface area contributed by atoms with Crippen molar-refractivity contribution in [2.75, 3.05) is 13.1 Å². The van der Waals surface area contributed by atoms with E-state index in [4.69, 9.17) is 4.74 Å². The fourth-order valence-corrected chi connectivity index (χ4v) is 3.16. The lowest BCUT2D eigenvalue weighted by Crippen LogP contribution is -2.41. The van der Waals surface area contributed by atoms with Gasteiger partial charge in [-0.15, -0.1) is 0 Å². The summed E-state index contributed by atoms with van der Waals surface area (Å²) in [5.74, 6) is 0.524. The average molecular weight is 352 g/mol. The van der Waals surface area contributed by atoms with E-state index in [-0.39, 0.29) is 12.0 Å². The Morgan fingerprint density at radius 1 is 1.31 bits per heavy atom. The fraction of sp³-hybridized carbons (Fsp3) is 0.333. The van der Waals surface area contributed by atoms with Crippen LogP contribution in [0.4, 0.5) is 0 Å². The molecular formula is C18H20N6O2. The Hall–Kier alpha value is -3.16. The van der Waals surface area contributed by atoms with Gasteiger partial charge in [-0.25, -0.2) is 9.50 Å². The highest BCUT2D eigenvalue weighted by Gasteiger charge is 2.24. The number of carbonyl (C=O) groups is 1. The second-order valence-corrected chi connectivity index (χ2v) is 6.34. The van der Waals surface area contributed by atoms with Gasteiger partial charge in [-0.05, 0) is 12.1 Å². The fourth-order valence-electron chi connectivity index (χ4n) is 3.16. The van der Waals surface area contributed by atoms with Crippen molar-refractivity contribution in [3.05, 3.63) is 43.5 Å². The summed E-state index contributed by atoms with van der Waals surface area (Å²) < 4.78 is 9.69. The molecule has 1 saturated heterocycles. The van der Waals surface area contributed by atoms with Gasteiger partial charge in [0.1, 0.15) is 11.6 Å². The van der Waals surface area contributed by atoms with Gasteiger partial charge in [-0.1, -0.05) is 6.58 Å². The summed E-state index contributed by atoms with van der Waals surface area (Å²) in [6.45, 7) is 4.86. The quantitative estimate of drug-likeness (QED) is 0.668. The molecule has 3 aromatic rings. The van der Waals surface area contributed by atoms with E-state index in [1.54, 1.807) is 26.5 Å². The van der Waals surface area contributed by atoms with Crippen LogP contribution in [0.15, 0.2) is 43.5 Å². The lowest BCUT2D eigenvalue weighted by atomic mass is 10.1. The zero-order valence-electron chi connectivity index (χ0n) is 14.6. The predicted octanol–water partition coefficient (Wildman–Crippen LogP) is 1.69. The molecule has 1 aliphatic heterocycles. The van der Waals surface area contributed by atoms with Crippen molar-refractivity contribution in [2.45, 2.75) is 18.9 Å². The van der Waals surface area contributed by atoms with Gasteiger partial charge in [-0.2, -0.15) is 10.2 Å². The molecule has 0 bridgehead atoms. The molecule has 8 nitrogen and oxygen atoms in total. The zero-order valence-corrected chi connectivity index (χ0v) is 14.6. The minimum atomic E-state index is -0.0293. The van der Waals surface area contributed by atoms with Gasteiger partial charge < -0.3 is 9.64 Å². The number of piperidine rings is 1. The number of rotatable bonds is 4. The third kappa shape index (κ3) is 3.05. The van der Waals surface area contributed by atoms with Gasteiger partial charge in [0.25, 0.3) is 0 Å². The van der Waals surface area contributed by atoms with Crippen molar-refractivity contribution in [1.82, 2.24) is 29.3 Å². The molecule has 1 fully saturated rings. The van der Waals surface area contributed by atoms with E-state index >= 15 is 0 Å². The van der Waals surface area contributed by atoms with Crippen molar-refractivity contribution < 1.29 is 9.53 Å². The molecule has 3 aromatic heterocycles. The molecule has 0 spiro atoms. The molecule has 0 unspecified atom stereocenters. The van der Waals surface area contributed by atoms with E-state index in [2.05, 4.69) is 21.8 Å². The minimum absolute atomic E-state index is 0.0132. The number of aromatic nitrogens is 5. The molecule has 1 aliphatic rings. The summed E-state index contributed by atoms with van der Waals surface area (Å²) in [6.07, 6.45) is 10.2. The van der Waals surface area contributed by atoms with Crippen LogP contribution in [-0.2, 0) is 11.8 Å². The first-order chi connectivity index (χ1) is 12.6. The third-order valence-electron chi connectivity index (χ3n) is 4.56. The van der Waals surface area contributed by atoms with Crippen molar-refractivity contribution in [3.63, 3.8) is 0 Å². The van der Waals surface area contributed by atoms with E-state index in [1.165, 1.54) is 6.08 Å². The van der Waals surface area contributed by atoms with E-state index in [9.17, 15) is 4.79 Å². The van der Waals surface area contributed by atoms with Gasteiger partial charge in [0.15, 0.2) is 0 Å². The Labute approximate surface area is 150 Å². The highest BCUT2D eigenvalue weighted by molar-refractivity contribution is 5.87. The summed E-state index contributed by atoms with van der Waals surface area (Å²) in [7, 11) is 1.87. The number of ether oxygens (including phenoxy) is 1. The van der Waals surface area contributed by atoms with E-state index in [1.807, 2.05) is 25.5 Å². The molecule has 0 aliphatic carbocycles. The van der Waals surface area contributed by atoms with Crippen molar-refractivity contribution in [2.24, 2.45) is 7.05 Å². The largest absolute Gasteiger partial charge is 0.473 e. The lowest BCUT2D eigenvalue weighted by Gasteiger charge is -2.31. The molecular weight excluding hydrogens is 332 g/mol. The van der Waals surface area contributed by atoms with Gasteiger partial charge in [0, 0.05) is 44.7 Å². The second kappa shape index (κ2) is 6.62. The van der Waals surface area contributed by atoms with Crippen LogP contribution in [-0.4, -0.2) is 54.4 Å². The van der Waals surface area contributed by atoms with Gasteiger partial charge in [-0.3, -0.25) is 9.48 Å². The van der Waals surface area contributed by atoms with Crippen molar-refractivity contribution in [1.29, 1.82) is 0 Å². The Bertz CT molecular complexity index is 952. The average Bonchev–Trinajstić information content (AvgIpc) is 3.30. The summed E-state index contributed by atoms with van der Waals surface area (Å²) >= 11 is 0. The number of fused-ring (bicyclic) bond motifs is 1. The van der Waals surface area contributed by atoms with Crippen LogP contribution in [0.25, 0.3) is 16.8 Å². The summed E-state index contributed by atoms with van der Waals surface area (Å²) in [4.78, 5) is 18.2. The molecule has 4 rings (SSSR count). The molecule has 1 amide bonds. The second-order valence-electron chi connectivity index (χ2n) is 6.34. The normalized spacial score (nSPS) is 15.3. The van der Waals surface area contributed by atoms with Crippen molar-refractivity contribution in [3.8, 4) is 17.1 Å². The van der Waals surface area contributed by atoms with Gasteiger partial charge in [0.05, 0.1) is 24.3 Å². The maximum absolute atomic E-state index is 11.7. The van der Waals surface area contributed by atoms with Crippen LogP contribution in [0, 0.1) is 0 Å². The molecule has 26 heavy (non-hydrogen) atoms. The van der Waals surface area contributed by atoms with Crippen LogP contribution >= 0.6 is 0 Å². The molecule has 134 valence electrons. The first-order valence-electron chi connectivity index (χ1n) is 8.55. The van der Waals surface area contributed by atoms with Crippen LogP contribution in [0.3, 0.4) is 0 Å². The Morgan fingerprint density at radius 2 is 2.12 bits per heavy atom. The van der Waals surface area contributed by atoms with E-state index in [0.29, 0.717) is 19.0 Å². The number of hydrogen-bond donors (Lipinski definition) is 0. The topological polar surface area (TPSA) is 77.6 Å². The molecule has 8 heteroatoms. The minimum Gasteiger partial charge on any atom is -0.473 e. The van der Waals surface area contributed by atoms with E-state index < -0.39 is 0 Å². The molecule has 0 aromatic carbocycles.